The average Bonchev–Trinajstić information content (AvgIpc) is 2.93. The molecule has 0 unspecified atom stereocenters. The normalized spacial score (nSPS) is 11.8. The van der Waals surface area contributed by atoms with Gasteiger partial charge in [0, 0.05) is 25.9 Å². The minimum absolute atomic E-state index is 0.146. The quantitative estimate of drug-likeness (QED) is 0.864. The summed E-state index contributed by atoms with van der Waals surface area (Å²) in [7, 11) is 3.35. The fraction of sp³-hybridized carbons (Fsp3) is 0.267. The predicted molar refractivity (Wildman–Crippen MR) is 89.9 cm³/mol. The maximum Gasteiger partial charge on any atom is 0.280 e. The molecule has 0 spiro atoms. The van der Waals surface area contributed by atoms with Crippen LogP contribution in [-0.4, -0.2) is 41.8 Å². The molecule has 0 radical (unpaired) electrons. The largest absolute Gasteiger partial charge is 0.347 e. The lowest BCUT2D eigenvalue weighted by molar-refractivity contribution is -0.130. The molecule has 0 aliphatic rings. The van der Waals surface area contributed by atoms with Crippen molar-refractivity contribution >= 4 is 39.1 Å². The van der Waals surface area contributed by atoms with Crippen molar-refractivity contribution in [2.24, 2.45) is 0 Å². The zero-order valence-corrected chi connectivity index (χ0v) is 14.6. The van der Waals surface area contributed by atoms with Gasteiger partial charge in [-0.15, -0.1) is 11.3 Å². The summed E-state index contributed by atoms with van der Waals surface area (Å²) in [6, 6.07) is 8.98. The lowest BCUT2D eigenvalue weighted by Gasteiger charge is -2.21. The van der Waals surface area contributed by atoms with Gasteiger partial charge < -0.3 is 10.2 Å². The summed E-state index contributed by atoms with van der Waals surface area (Å²) in [5.74, 6) is -0.486. The van der Waals surface area contributed by atoms with Crippen molar-refractivity contribution in [2.75, 3.05) is 14.1 Å². The van der Waals surface area contributed by atoms with Crippen LogP contribution in [-0.2, 0) is 11.2 Å². The monoisotopic (exact) mass is 381 g/mol. The van der Waals surface area contributed by atoms with Gasteiger partial charge in [-0.1, -0.05) is 30.3 Å². The van der Waals surface area contributed by atoms with E-state index < -0.39 is 6.04 Å². The molecule has 0 saturated carbocycles. The third-order valence-corrected chi connectivity index (χ3v) is 4.55. The molecule has 2 aromatic rings. The van der Waals surface area contributed by atoms with Gasteiger partial charge in [-0.25, -0.2) is 4.98 Å². The second-order valence-corrected chi connectivity index (χ2v) is 6.59. The molecule has 1 aromatic heterocycles. The molecule has 2 rings (SSSR count). The van der Waals surface area contributed by atoms with Crippen LogP contribution in [0, 0.1) is 0 Å². The van der Waals surface area contributed by atoms with Crippen LogP contribution < -0.4 is 5.32 Å². The highest BCUT2D eigenvalue weighted by Crippen LogP contribution is 2.15. The summed E-state index contributed by atoms with van der Waals surface area (Å²) in [6.07, 6.45) is 0.441. The van der Waals surface area contributed by atoms with E-state index >= 15 is 0 Å². The third kappa shape index (κ3) is 4.38. The number of likely N-dealkylation sites (N-methyl/N-ethyl adjacent to an activating group) is 1. The van der Waals surface area contributed by atoms with Crippen LogP contribution in [0.4, 0.5) is 0 Å². The number of rotatable bonds is 5. The Balaban J connectivity index is 2.14. The number of carbonyl (C=O) groups is 2. The standard InChI is InChI=1S/C15H16BrN3O2S/c1-19(2)15(21)11(8-10-6-4-3-5-7-10)17-13(20)14-18-12(16)9-22-14/h3-7,9,11H,8H2,1-2H3,(H,17,20)/t11-/m0/s1. The molecule has 0 saturated heterocycles. The molecule has 2 amide bonds. The number of benzene rings is 1. The van der Waals surface area contributed by atoms with E-state index in [9.17, 15) is 9.59 Å². The van der Waals surface area contributed by atoms with Gasteiger partial charge in [-0.2, -0.15) is 0 Å². The smallest absolute Gasteiger partial charge is 0.280 e. The van der Waals surface area contributed by atoms with Crippen LogP contribution in [0.2, 0.25) is 0 Å². The molecule has 1 aromatic carbocycles. The molecule has 1 heterocycles. The maximum atomic E-state index is 12.3. The Morgan fingerprint density at radius 3 is 2.55 bits per heavy atom. The summed E-state index contributed by atoms with van der Waals surface area (Å²) >= 11 is 4.45. The Hall–Kier alpha value is -1.73. The predicted octanol–water partition coefficient (Wildman–Crippen LogP) is 2.33. The number of amides is 2. The Morgan fingerprint density at radius 2 is 2.00 bits per heavy atom. The van der Waals surface area contributed by atoms with Gasteiger partial charge in [0.05, 0.1) is 0 Å². The van der Waals surface area contributed by atoms with Gasteiger partial charge in [0.2, 0.25) is 5.91 Å². The number of nitrogens with one attached hydrogen (secondary N) is 1. The molecule has 1 atom stereocenters. The van der Waals surface area contributed by atoms with Gasteiger partial charge in [0.15, 0.2) is 5.01 Å². The van der Waals surface area contributed by atoms with Crippen molar-refractivity contribution in [3.8, 4) is 0 Å². The van der Waals surface area contributed by atoms with Crippen LogP contribution in [0.3, 0.4) is 0 Å². The second-order valence-electron chi connectivity index (χ2n) is 4.92. The highest BCUT2D eigenvalue weighted by molar-refractivity contribution is 9.10. The molecular formula is C15H16BrN3O2S. The fourth-order valence-corrected chi connectivity index (χ4v) is 3.09. The molecule has 1 N–H and O–H groups in total. The molecular weight excluding hydrogens is 366 g/mol. The SMILES string of the molecule is CN(C)C(=O)[C@H](Cc1ccccc1)NC(=O)c1nc(Br)cs1. The number of carbonyl (C=O) groups excluding carboxylic acids is 2. The number of thiazole rings is 1. The van der Waals surface area contributed by atoms with E-state index in [0.29, 0.717) is 16.0 Å². The van der Waals surface area contributed by atoms with Crippen molar-refractivity contribution in [1.29, 1.82) is 0 Å². The summed E-state index contributed by atoms with van der Waals surface area (Å²) < 4.78 is 0.612. The zero-order valence-electron chi connectivity index (χ0n) is 12.2. The molecule has 0 aliphatic heterocycles. The van der Waals surface area contributed by atoms with Crippen LogP contribution in [0.1, 0.15) is 15.4 Å². The fourth-order valence-electron chi connectivity index (χ4n) is 1.94. The van der Waals surface area contributed by atoms with Crippen molar-refractivity contribution in [3.05, 3.63) is 50.9 Å². The summed E-state index contributed by atoms with van der Waals surface area (Å²) in [5.41, 5.74) is 0.989. The van der Waals surface area contributed by atoms with E-state index in [1.807, 2.05) is 30.3 Å². The molecule has 5 nitrogen and oxygen atoms in total. The summed E-state index contributed by atoms with van der Waals surface area (Å²) in [6.45, 7) is 0. The second kappa shape index (κ2) is 7.51. The van der Waals surface area contributed by atoms with E-state index in [1.165, 1.54) is 16.2 Å². The lowest BCUT2D eigenvalue weighted by Crippen LogP contribution is -2.47. The van der Waals surface area contributed by atoms with Gasteiger partial charge in [-0.3, -0.25) is 9.59 Å². The van der Waals surface area contributed by atoms with E-state index in [1.54, 1.807) is 19.5 Å². The highest BCUT2D eigenvalue weighted by Gasteiger charge is 2.24. The number of hydrogen-bond donors (Lipinski definition) is 1. The van der Waals surface area contributed by atoms with Crippen LogP contribution in [0.5, 0.6) is 0 Å². The van der Waals surface area contributed by atoms with E-state index in [4.69, 9.17) is 0 Å². The summed E-state index contributed by atoms with van der Waals surface area (Å²) in [4.78, 5) is 30.1. The van der Waals surface area contributed by atoms with Crippen LogP contribution >= 0.6 is 27.3 Å². The number of nitrogens with zero attached hydrogens (tertiary/aromatic N) is 2. The molecule has 116 valence electrons. The molecule has 7 heteroatoms. The number of aromatic nitrogens is 1. The van der Waals surface area contributed by atoms with Crippen LogP contribution in [0.25, 0.3) is 0 Å². The zero-order chi connectivity index (χ0) is 16.1. The van der Waals surface area contributed by atoms with Gasteiger partial charge >= 0.3 is 0 Å². The average molecular weight is 382 g/mol. The van der Waals surface area contributed by atoms with Gasteiger partial charge in [0.25, 0.3) is 5.91 Å². The van der Waals surface area contributed by atoms with Crippen molar-refractivity contribution in [1.82, 2.24) is 15.2 Å². The molecule has 0 bridgehead atoms. The highest BCUT2D eigenvalue weighted by atomic mass is 79.9. The van der Waals surface area contributed by atoms with Crippen molar-refractivity contribution in [2.45, 2.75) is 12.5 Å². The van der Waals surface area contributed by atoms with Crippen LogP contribution in [0.15, 0.2) is 40.3 Å². The lowest BCUT2D eigenvalue weighted by atomic mass is 10.0. The first kappa shape index (κ1) is 16.6. The van der Waals surface area contributed by atoms with Crippen molar-refractivity contribution < 1.29 is 9.59 Å². The van der Waals surface area contributed by atoms with E-state index in [-0.39, 0.29) is 11.8 Å². The molecule has 22 heavy (non-hydrogen) atoms. The topological polar surface area (TPSA) is 62.3 Å². The minimum Gasteiger partial charge on any atom is -0.347 e. The first-order valence-corrected chi connectivity index (χ1v) is 8.31. The Labute approximate surface area is 141 Å². The minimum atomic E-state index is -0.618. The van der Waals surface area contributed by atoms with Crippen molar-refractivity contribution in [3.63, 3.8) is 0 Å². The van der Waals surface area contributed by atoms with E-state index in [2.05, 4.69) is 26.2 Å². The molecule has 0 aliphatic carbocycles. The Bertz CT molecular complexity index is 658. The first-order chi connectivity index (χ1) is 10.5. The maximum absolute atomic E-state index is 12.3. The number of halogens is 1. The van der Waals surface area contributed by atoms with Gasteiger partial charge in [-0.05, 0) is 21.5 Å². The Kier molecular flexibility index (Phi) is 5.68. The first-order valence-electron chi connectivity index (χ1n) is 6.64. The van der Waals surface area contributed by atoms with Gasteiger partial charge in [0.1, 0.15) is 10.6 Å². The summed E-state index contributed by atoms with van der Waals surface area (Å²) in [5, 5.41) is 4.83. The van der Waals surface area contributed by atoms with E-state index in [0.717, 1.165) is 5.56 Å². The Morgan fingerprint density at radius 1 is 1.32 bits per heavy atom. The molecule has 0 fully saturated rings. The third-order valence-electron chi connectivity index (χ3n) is 3.00. The number of hydrogen-bond acceptors (Lipinski definition) is 4.